The third-order valence-electron chi connectivity index (χ3n) is 2.44. The number of aliphatic hydroxyl groups excluding tert-OH is 1. The number of aliphatic hydroxyl groups is 1. The number of benzene rings is 1. The molecule has 4 nitrogen and oxygen atoms in total. The number of rotatable bonds is 6. The predicted molar refractivity (Wildman–Crippen MR) is 85.1 cm³/mol. The Bertz CT molecular complexity index is 588. The summed E-state index contributed by atoms with van der Waals surface area (Å²) in [6.45, 7) is 5.68. The number of aromatic nitrogens is 1. The highest BCUT2D eigenvalue weighted by molar-refractivity contribution is 7.14. The largest absolute Gasteiger partial charge is 0.491 e. The normalized spacial score (nSPS) is 12.8. The van der Waals surface area contributed by atoms with Crippen molar-refractivity contribution in [3.63, 3.8) is 0 Å². The molecule has 112 valence electrons. The van der Waals surface area contributed by atoms with Crippen LogP contribution in [0, 0.1) is 0 Å². The Morgan fingerprint density at radius 1 is 1.14 bits per heavy atom. The van der Waals surface area contributed by atoms with Crippen LogP contribution in [0.4, 0.5) is 0 Å². The molecule has 1 N–H and O–H groups in total. The van der Waals surface area contributed by atoms with Crippen LogP contribution in [-0.4, -0.2) is 22.3 Å². The van der Waals surface area contributed by atoms with Crippen LogP contribution in [0.25, 0.3) is 6.08 Å². The van der Waals surface area contributed by atoms with Gasteiger partial charge in [-0.15, -0.1) is 0 Å². The van der Waals surface area contributed by atoms with E-state index in [0.717, 1.165) is 10.6 Å². The van der Waals surface area contributed by atoms with Crippen molar-refractivity contribution in [1.82, 2.24) is 4.98 Å². The number of thiazole rings is 1. The number of ether oxygens (including phenoxy) is 2. The molecule has 0 aliphatic heterocycles. The van der Waals surface area contributed by atoms with Crippen LogP contribution in [0.3, 0.4) is 0 Å². The molecule has 21 heavy (non-hydrogen) atoms. The first kappa shape index (κ1) is 15.5. The number of nitrogens with zero attached hydrogens (tertiary/aromatic N) is 1. The summed E-state index contributed by atoms with van der Waals surface area (Å²) in [5.74, 6) is 1.53. The summed E-state index contributed by atoms with van der Waals surface area (Å²) in [6, 6.07) is 7.45. The smallest absolute Gasteiger partial charge is 0.279 e. The topological polar surface area (TPSA) is 51.6 Å². The molecule has 1 aromatic heterocycles. The second-order valence-corrected chi connectivity index (χ2v) is 5.89. The monoisotopic (exact) mass is 305 g/mol. The molecule has 0 saturated heterocycles. The quantitative estimate of drug-likeness (QED) is 0.872. The molecule has 2 aromatic rings. The highest BCUT2D eigenvalue weighted by atomic mass is 32.1. The minimum Gasteiger partial charge on any atom is -0.491 e. The fourth-order valence-electron chi connectivity index (χ4n) is 1.59. The fourth-order valence-corrected chi connectivity index (χ4v) is 2.28. The summed E-state index contributed by atoms with van der Waals surface area (Å²) < 4.78 is 11.3. The van der Waals surface area contributed by atoms with E-state index in [-0.39, 0.29) is 6.10 Å². The predicted octanol–water partition coefficient (Wildman–Crippen LogP) is 4.12. The minimum atomic E-state index is -0.468. The van der Waals surface area contributed by atoms with Crippen molar-refractivity contribution in [2.24, 2.45) is 0 Å². The summed E-state index contributed by atoms with van der Waals surface area (Å²) >= 11 is 1.42. The van der Waals surface area contributed by atoms with E-state index in [1.54, 1.807) is 19.2 Å². The van der Waals surface area contributed by atoms with Gasteiger partial charge in [0.25, 0.3) is 5.19 Å². The first-order chi connectivity index (χ1) is 10.0. The number of hydrogen-bond donors (Lipinski definition) is 1. The van der Waals surface area contributed by atoms with Crippen molar-refractivity contribution in [3.05, 3.63) is 41.4 Å². The third kappa shape index (κ3) is 5.21. The van der Waals surface area contributed by atoms with Gasteiger partial charge in [-0.1, -0.05) is 17.4 Å². The van der Waals surface area contributed by atoms with Gasteiger partial charge in [-0.25, -0.2) is 4.98 Å². The Labute approximate surface area is 128 Å². The molecule has 1 atom stereocenters. The van der Waals surface area contributed by atoms with Crippen LogP contribution >= 0.6 is 11.3 Å². The zero-order valence-corrected chi connectivity index (χ0v) is 13.1. The standard InChI is InChI=1S/C16H19NO3S/c1-11(2)19-13-5-7-14(8-6-13)20-16-17-10-15(21-16)9-4-12(3)18/h4-12,18H,1-3H3/b9-4+. The molecule has 0 radical (unpaired) electrons. The molecule has 0 aliphatic carbocycles. The van der Waals surface area contributed by atoms with Crippen molar-refractivity contribution in [2.75, 3.05) is 0 Å². The van der Waals surface area contributed by atoms with Gasteiger partial charge in [-0.2, -0.15) is 0 Å². The van der Waals surface area contributed by atoms with Gasteiger partial charge in [0.2, 0.25) is 0 Å². The van der Waals surface area contributed by atoms with E-state index < -0.39 is 6.10 Å². The lowest BCUT2D eigenvalue weighted by molar-refractivity contribution is 0.242. The van der Waals surface area contributed by atoms with E-state index in [4.69, 9.17) is 9.47 Å². The van der Waals surface area contributed by atoms with Gasteiger partial charge in [-0.05, 0) is 51.1 Å². The van der Waals surface area contributed by atoms with Crippen LogP contribution in [0.15, 0.2) is 36.5 Å². The average Bonchev–Trinajstić information content (AvgIpc) is 2.86. The summed E-state index contributed by atoms with van der Waals surface area (Å²) in [5, 5.41) is 9.77. The Morgan fingerprint density at radius 3 is 2.43 bits per heavy atom. The average molecular weight is 305 g/mol. The molecule has 0 saturated carbocycles. The highest BCUT2D eigenvalue weighted by Gasteiger charge is 2.04. The lowest BCUT2D eigenvalue weighted by Gasteiger charge is -2.09. The van der Waals surface area contributed by atoms with Crippen molar-refractivity contribution >= 4 is 17.4 Å². The molecule has 1 heterocycles. The van der Waals surface area contributed by atoms with Gasteiger partial charge < -0.3 is 14.6 Å². The third-order valence-corrected chi connectivity index (χ3v) is 3.28. The van der Waals surface area contributed by atoms with E-state index in [1.807, 2.05) is 44.2 Å². The van der Waals surface area contributed by atoms with Gasteiger partial charge in [0.15, 0.2) is 0 Å². The van der Waals surface area contributed by atoms with Gasteiger partial charge in [0, 0.05) is 6.20 Å². The lowest BCUT2D eigenvalue weighted by Crippen LogP contribution is -2.05. The first-order valence-electron chi connectivity index (χ1n) is 6.79. The zero-order chi connectivity index (χ0) is 15.2. The van der Waals surface area contributed by atoms with Crippen LogP contribution in [0.1, 0.15) is 25.6 Å². The number of hydrogen-bond acceptors (Lipinski definition) is 5. The highest BCUT2D eigenvalue weighted by Crippen LogP contribution is 2.28. The molecule has 5 heteroatoms. The van der Waals surface area contributed by atoms with E-state index in [0.29, 0.717) is 10.9 Å². The minimum absolute atomic E-state index is 0.152. The Kier molecular flexibility index (Phi) is 5.36. The SMILES string of the molecule is CC(O)/C=C/c1cnc(Oc2ccc(OC(C)C)cc2)s1. The summed E-state index contributed by atoms with van der Waals surface area (Å²) in [4.78, 5) is 5.13. The first-order valence-corrected chi connectivity index (χ1v) is 7.61. The fraction of sp³-hybridized carbons (Fsp3) is 0.312. The van der Waals surface area contributed by atoms with Crippen molar-refractivity contribution in [2.45, 2.75) is 33.0 Å². The Hall–Kier alpha value is -1.85. The van der Waals surface area contributed by atoms with Crippen LogP contribution < -0.4 is 9.47 Å². The summed E-state index contributed by atoms with van der Waals surface area (Å²) in [7, 11) is 0. The molecule has 1 unspecified atom stereocenters. The second-order valence-electron chi connectivity index (χ2n) is 4.87. The van der Waals surface area contributed by atoms with Crippen LogP contribution in [0.5, 0.6) is 16.7 Å². The Morgan fingerprint density at radius 2 is 1.81 bits per heavy atom. The van der Waals surface area contributed by atoms with E-state index in [9.17, 15) is 5.11 Å². The zero-order valence-electron chi connectivity index (χ0n) is 12.3. The second kappa shape index (κ2) is 7.24. The molecule has 1 aromatic carbocycles. The van der Waals surface area contributed by atoms with Crippen LogP contribution in [0.2, 0.25) is 0 Å². The molecular weight excluding hydrogens is 286 g/mol. The van der Waals surface area contributed by atoms with E-state index >= 15 is 0 Å². The van der Waals surface area contributed by atoms with Gasteiger partial charge >= 0.3 is 0 Å². The molecule has 2 rings (SSSR count). The summed E-state index contributed by atoms with van der Waals surface area (Å²) in [6.07, 6.45) is 4.93. The molecule has 0 aliphatic rings. The summed E-state index contributed by atoms with van der Waals surface area (Å²) in [5.41, 5.74) is 0. The maximum atomic E-state index is 9.20. The molecular formula is C16H19NO3S. The van der Waals surface area contributed by atoms with Gasteiger partial charge in [-0.3, -0.25) is 0 Å². The van der Waals surface area contributed by atoms with Crippen molar-refractivity contribution in [3.8, 4) is 16.7 Å². The molecule has 0 spiro atoms. The van der Waals surface area contributed by atoms with Crippen molar-refractivity contribution < 1.29 is 14.6 Å². The van der Waals surface area contributed by atoms with Crippen molar-refractivity contribution in [1.29, 1.82) is 0 Å². The molecule has 0 fully saturated rings. The van der Waals surface area contributed by atoms with E-state index in [1.165, 1.54) is 11.3 Å². The van der Waals surface area contributed by atoms with Gasteiger partial charge in [0.05, 0.1) is 17.1 Å². The maximum absolute atomic E-state index is 9.20. The Balaban J connectivity index is 1.98. The van der Waals surface area contributed by atoms with E-state index in [2.05, 4.69) is 4.98 Å². The van der Waals surface area contributed by atoms with Gasteiger partial charge in [0.1, 0.15) is 11.5 Å². The van der Waals surface area contributed by atoms with Crippen LogP contribution in [-0.2, 0) is 0 Å². The molecule has 0 amide bonds. The maximum Gasteiger partial charge on any atom is 0.279 e. The molecule has 0 bridgehead atoms. The lowest BCUT2D eigenvalue weighted by atomic mass is 10.3.